The second-order valence-corrected chi connectivity index (χ2v) is 6.75. The predicted octanol–water partition coefficient (Wildman–Crippen LogP) is 2.20. The lowest BCUT2D eigenvalue weighted by Gasteiger charge is -2.24. The zero-order valence-electron chi connectivity index (χ0n) is 13.5. The number of nitrogens with one attached hydrogen (secondary N) is 1. The van der Waals surface area contributed by atoms with Crippen LogP contribution in [0, 0.1) is 0 Å². The molecule has 0 aromatic rings. The molecule has 20 heavy (non-hydrogen) atoms. The van der Waals surface area contributed by atoms with Crippen LogP contribution in [0.25, 0.3) is 0 Å². The van der Waals surface area contributed by atoms with E-state index in [1.54, 1.807) is 0 Å². The van der Waals surface area contributed by atoms with Crippen LogP contribution in [0.3, 0.4) is 0 Å². The fourth-order valence-electron chi connectivity index (χ4n) is 3.68. The standard InChI is InChI=1S/C16H31N3O/c1-4-9-14-17-16(10-5-6-11-16)15(20)19(14)13-8-7-12-18(2)3/h14,17H,4-13H2,1-3H3. The quantitative estimate of drug-likeness (QED) is 0.727. The number of nitrogens with zero attached hydrogens (tertiary/aromatic N) is 2. The highest BCUT2D eigenvalue weighted by Gasteiger charge is 2.51. The summed E-state index contributed by atoms with van der Waals surface area (Å²) in [6.45, 7) is 4.24. The largest absolute Gasteiger partial charge is 0.326 e. The van der Waals surface area contributed by atoms with Crippen LogP contribution in [-0.2, 0) is 4.79 Å². The van der Waals surface area contributed by atoms with Gasteiger partial charge in [0.2, 0.25) is 5.91 Å². The highest BCUT2D eigenvalue weighted by molar-refractivity contribution is 5.89. The van der Waals surface area contributed by atoms with Gasteiger partial charge in [0.25, 0.3) is 0 Å². The molecular formula is C16H31N3O. The van der Waals surface area contributed by atoms with Gasteiger partial charge in [0.05, 0.1) is 11.7 Å². The van der Waals surface area contributed by atoms with Crippen molar-refractivity contribution < 1.29 is 4.79 Å². The second kappa shape index (κ2) is 6.90. The molecule has 1 saturated carbocycles. The summed E-state index contributed by atoms with van der Waals surface area (Å²) in [5.41, 5.74) is -0.193. The van der Waals surface area contributed by atoms with E-state index in [-0.39, 0.29) is 11.7 Å². The summed E-state index contributed by atoms with van der Waals surface area (Å²) in [4.78, 5) is 17.2. The van der Waals surface area contributed by atoms with Gasteiger partial charge in [-0.3, -0.25) is 10.1 Å². The molecule has 1 spiro atoms. The SMILES string of the molecule is CCCC1NC2(CCCC2)C(=O)N1CCCCN(C)C. The molecule has 1 amide bonds. The van der Waals surface area contributed by atoms with E-state index in [9.17, 15) is 4.79 Å². The highest BCUT2D eigenvalue weighted by atomic mass is 16.2. The Kier molecular flexibility index (Phi) is 5.44. The topological polar surface area (TPSA) is 35.6 Å². The Labute approximate surface area is 123 Å². The van der Waals surface area contributed by atoms with Crippen molar-refractivity contribution in [3.8, 4) is 0 Å². The minimum Gasteiger partial charge on any atom is -0.326 e. The number of carbonyl (C=O) groups excluding carboxylic acids is 1. The first-order chi connectivity index (χ1) is 9.59. The number of hydrogen-bond acceptors (Lipinski definition) is 3. The molecule has 1 aliphatic heterocycles. The molecule has 4 nitrogen and oxygen atoms in total. The lowest BCUT2D eigenvalue weighted by atomic mass is 9.98. The fraction of sp³-hybridized carbons (Fsp3) is 0.938. The normalized spacial score (nSPS) is 25.3. The van der Waals surface area contributed by atoms with E-state index >= 15 is 0 Å². The average molecular weight is 281 g/mol. The summed E-state index contributed by atoms with van der Waals surface area (Å²) in [5.74, 6) is 0.387. The van der Waals surface area contributed by atoms with Gasteiger partial charge in [-0.25, -0.2) is 0 Å². The van der Waals surface area contributed by atoms with Gasteiger partial charge in [0.15, 0.2) is 0 Å². The summed E-state index contributed by atoms with van der Waals surface area (Å²) in [5, 5.41) is 3.68. The zero-order chi connectivity index (χ0) is 14.6. The van der Waals surface area contributed by atoms with Crippen molar-refractivity contribution in [1.82, 2.24) is 15.1 Å². The van der Waals surface area contributed by atoms with E-state index in [0.29, 0.717) is 5.91 Å². The van der Waals surface area contributed by atoms with Crippen LogP contribution < -0.4 is 5.32 Å². The number of unbranched alkanes of at least 4 members (excludes halogenated alkanes) is 1. The lowest BCUT2D eigenvalue weighted by molar-refractivity contribution is -0.133. The number of hydrogen-bond donors (Lipinski definition) is 1. The maximum atomic E-state index is 12.8. The van der Waals surface area contributed by atoms with Crippen molar-refractivity contribution in [3.63, 3.8) is 0 Å². The Morgan fingerprint density at radius 3 is 2.60 bits per heavy atom. The Bertz CT molecular complexity index is 324. The molecule has 2 fully saturated rings. The van der Waals surface area contributed by atoms with Crippen molar-refractivity contribution in [2.45, 2.75) is 70.0 Å². The van der Waals surface area contributed by atoms with E-state index < -0.39 is 0 Å². The van der Waals surface area contributed by atoms with Crippen molar-refractivity contribution >= 4 is 5.91 Å². The van der Waals surface area contributed by atoms with Gasteiger partial charge < -0.3 is 9.80 Å². The van der Waals surface area contributed by atoms with Gasteiger partial charge in [-0.2, -0.15) is 0 Å². The monoisotopic (exact) mass is 281 g/mol. The molecular weight excluding hydrogens is 250 g/mol. The number of amides is 1. The first-order valence-corrected chi connectivity index (χ1v) is 8.32. The molecule has 1 heterocycles. The van der Waals surface area contributed by atoms with E-state index in [1.165, 1.54) is 19.3 Å². The van der Waals surface area contributed by atoms with Crippen molar-refractivity contribution in [2.75, 3.05) is 27.2 Å². The average Bonchev–Trinajstić information content (AvgIpc) is 2.96. The minimum atomic E-state index is -0.193. The Morgan fingerprint density at radius 2 is 2.00 bits per heavy atom. The van der Waals surface area contributed by atoms with Crippen LogP contribution in [0.4, 0.5) is 0 Å². The third-order valence-electron chi connectivity index (χ3n) is 4.76. The van der Waals surface area contributed by atoms with Gasteiger partial charge in [0.1, 0.15) is 0 Å². The van der Waals surface area contributed by atoms with Crippen molar-refractivity contribution in [2.24, 2.45) is 0 Å². The molecule has 0 aromatic heterocycles. The van der Waals surface area contributed by atoms with Gasteiger partial charge in [-0.15, -0.1) is 0 Å². The number of rotatable bonds is 7. The molecule has 116 valence electrons. The van der Waals surface area contributed by atoms with Crippen molar-refractivity contribution in [1.29, 1.82) is 0 Å². The first kappa shape index (κ1) is 15.8. The molecule has 1 saturated heterocycles. The Hall–Kier alpha value is -0.610. The molecule has 4 heteroatoms. The summed E-state index contributed by atoms with van der Waals surface area (Å²) >= 11 is 0. The summed E-state index contributed by atoms with van der Waals surface area (Å²) in [6, 6.07) is 0. The summed E-state index contributed by atoms with van der Waals surface area (Å²) in [6.07, 6.45) is 9.27. The molecule has 1 atom stereocenters. The molecule has 1 N–H and O–H groups in total. The van der Waals surface area contributed by atoms with Crippen LogP contribution in [0.1, 0.15) is 58.3 Å². The lowest BCUT2D eigenvalue weighted by Crippen LogP contribution is -2.44. The van der Waals surface area contributed by atoms with Crippen LogP contribution in [0.15, 0.2) is 0 Å². The molecule has 0 bridgehead atoms. The first-order valence-electron chi connectivity index (χ1n) is 8.32. The Balaban J connectivity index is 1.91. The van der Waals surface area contributed by atoms with E-state index in [0.717, 1.165) is 45.2 Å². The third-order valence-corrected chi connectivity index (χ3v) is 4.76. The van der Waals surface area contributed by atoms with Gasteiger partial charge in [-0.1, -0.05) is 26.2 Å². The molecule has 1 unspecified atom stereocenters. The van der Waals surface area contributed by atoms with E-state index in [2.05, 4.69) is 36.1 Å². The number of carbonyl (C=O) groups is 1. The van der Waals surface area contributed by atoms with E-state index in [4.69, 9.17) is 0 Å². The van der Waals surface area contributed by atoms with Crippen LogP contribution in [-0.4, -0.2) is 54.6 Å². The molecule has 0 radical (unpaired) electrons. The Morgan fingerprint density at radius 1 is 1.30 bits per heavy atom. The summed E-state index contributed by atoms with van der Waals surface area (Å²) in [7, 11) is 4.21. The maximum absolute atomic E-state index is 12.8. The van der Waals surface area contributed by atoms with Crippen LogP contribution in [0.2, 0.25) is 0 Å². The van der Waals surface area contributed by atoms with Gasteiger partial charge in [0, 0.05) is 6.54 Å². The smallest absolute Gasteiger partial charge is 0.244 e. The molecule has 2 rings (SSSR count). The maximum Gasteiger partial charge on any atom is 0.244 e. The van der Waals surface area contributed by atoms with Gasteiger partial charge in [-0.05, 0) is 52.7 Å². The molecule has 2 aliphatic rings. The molecule has 0 aromatic carbocycles. The summed E-state index contributed by atoms with van der Waals surface area (Å²) < 4.78 is 0. The second-order valence-electron chi connectivity index (χ2n) is 6.75. The predicted molar refractivity (Wildman–Crippen MR) is 82.5 cm³/mol. The van der Waals surface area contributed by atoms with Crippen LogP contribution in [0.5, 0.6) is 0 Å². The fourth-order valence-corrected chi connectivity index (χ4v) is 3.68. The molecule has 1 aliphatic carbocycles. The van der Waals surface area contributed by atoms with Crippen LogP contribution >= 0.6 is 0 Å². The third kappa shape index (κ3) is 3.34. The van der Waals surface area contributed by atoms with Gasteiger partial charge >= 0.3 is 0 Å². The van der Waals surface area contributed by atoms with E-state index in [1.807, 2.05) is 0 Å². The zero-order valence-corrected chi connectivity index (χ0v) is 13.5. The minimum absolute atomic E-state index is 0.193. The van der Waals surface area contributed by atoms with Crippen molar-refractivity contribution in [3.05, 3.63) is 0 Å². The highest BCUT2D eigenvalue weighted by Crippen LogP contribution is 2.37.